The SMILES string of the molecule is CCCCCCCC/C=C\CCCCCCCCCCCC(=O)OCCCCCCCCCCCCC(=O)NC(CO)C(O)/C=C/CCCCCCCCCC. The highest BCUT2D eigenvalue weighted by Gasteiger charge is 2.18. The minimum absolute atomic E-state index is 0.0222. The Morgan fingerprint density at radius 1 is 0.482 bits per heavy atom. The number of hydrogen-bond acceptors (Lipinski definition) is 5. The van der Waals surface area contributed by atoms with Crippen LogP contribution in [0.5, 0.6) is 0 Å². The molecule has 0 spiro atoms. The highest BCUT2D eigenvalue weighted by Crippen LogP contribution is 2.15. The van der Waals surface area contributed by atoms with E-state index in [0.29, 0.717) is 19.4 Å². The Labute approximate surface area is 348 Å². The lowest BCUT2D eigenvalue weighted by atomic mass is 10.1. The van der Waals surface area contributed by atoms with Gasteiger partial charge in [-0.15, -0.1) is 0 Å². The second-order valence-corrected chi connectivity index (χ2v) is 16.8. The molecular weight excluding hydrogens is 695 g/mol. The van der Waals surface area contributed by atoms with E-state index in [0.717, 1.165) is 57.8 Å². The molecule has 2 unspecified atom stereocenters. The molecule has 0 aromatic rings. The van der Waals surface area contributed by atoms with Gasteiger partial charge in [-0.25, -0.2) is 0 Å². The van der Waals surface area contributed by atoms with Gasteiger partial charge in [-0.05, 0) is 57.8 Å². The minimum Gasteiger partial charge on any atom is -0.466 e. The first-order chi connectivity index (χ1) is 27.5. The molecule has 0 saturated heterocycles. The monoisotopic (exact) mass is 790 g/mol. The lowest BCUT2D eigenvalue weighted by molar-refractivity contribution is -0.143. The molecule has 0 fully saturated rings. The average molecular weight is 790 g/mol. The van der Waals surface area contributed by atoms with Gasteiger partial charge in [0.25, 0.3) is 0 Å². The first-order valence-corrected chi connectivity index (χ1v) is 24.6. The van der Waals surface area contributed by atoms with Crippen molar-refractivity contribution in [2.45, 2.75) is 270 Å². The summed E-state index contributed by atoms with van der Waals surface area (Å²) >= 11 is 0. The summed E-state index contributed by atoms with van der Waals surface area (Å²) in [5.41, 5.74) is 0. The zero-order chi connectivity index (χ0) is 40.8. The van der Waals surface area contributed by atoms with Crippen LogP contribution in [0.15, 0.2) is 24.3 Å². The summed E-state index contributed by atoms with van der Waals surface area (Å²) < 4.78 is 5.46. The number of ether oxygens (including phenoxy) is 1. The number of aliphatic hydroxyl groups is 2. The molecule has 0 aromatic carbocycles. The van der Waals surface area contributed by atoms with Crippen LogP contribution < -0.4 is 5.32 Å². The van der Waals surface area contributed by atoms with E-state index in [1.165, 1.54) is 173 Å². The van der Waals surface area contributed by atoms with Crippen molar-refractivity contribution < 1.29 is 24.5 Å². The maximum Gasteiger partial charge on any atom is 0.305 e. The zero-order valence-corrected chi connectivity index (χ0v) is 37.4. The van der Waals surface area contributed by atoms with Crippen LogP contribution in [0.3, 0.4) is 0 Å². The van der Waals surface area contributed by atoms with E-state index < -0.39 is 12.1 Å². The van der Waals surface area contributed by atoms with E-state index in [-0.39, 0.29) is 18.5 Å². The van der Waals surface area contributed by atoms with Crippen molar-refractivity contribution in [3.05, 3.63) is 24.3 Å². The summed E-state index contributed by atoms with van der Waals surface area (Å²) in [6.07, 6.45) is 53.2. The normalized spacial score (nSPS) is 12.9. The van der Waals surface area contributed by atoms with Crippen molar-refractivity contribution in [3.8, 4) is 0 Å². The van der Waals surface area contributed by atoms with E-state index in [9.17, 15) is 19.8 Å². The molecule has 0 heterocycles. The molecular formula is C50H95NO5. The topological polar surface area (TPSA) is 95.9 Å². The molecule has 3 N–H and O–H groups in total. The van der Waals surface area contributed by atoms with Gasteiger partial charge < -0.3 is 20.3 Å². The molecule has 6 nitrogen and oxygen atoms in total. The summed E-state index contributed by atoms with van der Waals surface area (Å²) in [6.45, 7) is 4.82. The largest absolute Gasteiger partial charge is 0.466 e. The Morgan fingerprint density at radius 2 is 0.839 bits per heavy atom. The Morgan fingerprint density at radius 3 is 1.27 bits per heavy atom. The van der Waals surface area contributed by atoms with Gasteiger partial charge >= 0.3 is 5.97 Å². The molecule has 6 heteroatoms. The zero-order valence-electron chi connectivity index (χ0n) is 37.4. The molecule has 330 valence electrons. The van der Waals surface area contributed by atoms with Crippen molar-refractivity contribution in [2.24, 2.45) is 0 Å². The highest BCUT2D eigenvalue weighted by atomic mass is 16.5. The van der Waals surface area contributed by atoms with Gasteiger partial charge in [-0.2, -0.15) is 0 Å². The molecule has 2 atom stereocenters. The number of unbranched alkanes of at least 4 members (excludes halogenated alkanes) is 32. The standard InChI is InChI=1S/C50H95NO5/c1-3-5-7-9-11-13-15-16-17-18-19-20-21-22-23-28-32-36-40-44-50(55)56-45-41-37-33-29-25-24-27-31-35-39-43-49(54)51-47(46-52)48(53)42-38-34-30-26-14-12-10-8-6-4-2/h16-17,38,42,47-48,52-53H,3-15,18-37,39-41,43-46H2,1-2H3,(H,51,54)/b17-16-,42-38+. The number of rotatable bonds is 45. The molecule has 0 aliphatic heterocycles. The fourth-order valence-corrected chi connectivity index (χ4v) is 7.39. The van der Waals surface area contributed by atoms with Crippen LogP contribution in [0.2, 0.25) is 0 Å². The van der Waals surface area contributed by atoms with Crippen LogP contribution in [-0.4, -0.2) is 47.4 Å². The van der Waals surface area contributed by atoms with Crippen LogP contribution in [-0.2, 0) is 14.3 Å². The number of amides is 1. The number of esters is 1. The van der Waals surface area contributed by atoms with Gasteiger partial charge in [0.1, 0.15) is 0 Å². The minimum atomic E-state index is -0.857. The van der Waals surface area contributed by atoms with E-state index in [4.69, 9.17) is 4.74 Å². The predicted octanol–water partition coefficient (Wildman–Crippen LogP) is 14.3. The number of carbonyl (C=O) groups is 2. The molecule has 1 amide bonds. The van der Waals surface area contributed by atoms with E-state index in [1.54, 1.807) is 6.08 Å². The number of carbonyl (C=O) groups excluding carboxylic acids is 2. The lowest BCUT2D eigenvalue weighted by Crippen LogP contribution is -2.45. The van der Waals surface area contributed by atoms with Gasteiger partial charge in [0.2, 0.25) is 5.91 Å². The molecule has 0 aromatic heterocycles. The van der Waals surface area contributed by atoms with Crippen LogP contribution in [0.1, 0.15) is 258 Å². The quantitative estimate of drug-likeness (QED) is 0.0324. The number of hydrogen-bond donors (Lipinski definition) is 3. The summed E-state index contributed by atoms with van der Waals surface area (Å²) in [7, 11) is 0. The molecule has 0 rings (SSSR count). The average Bonchev–Trinajstić information content (AvgIpc) is 3.20. The van der Waals surface area contributed by atoms with Gasteiger partial charge in [-0.1, -0.05) is 212 Å². The molecule has 56 heavy (non-hydrogen) atoms. The number of aliphatic hydroxyl groups excluding tert-OH is 2. The second kappa shape index (κ2) is 46.0. The van der Waals surface area contributed by atoms with Crippen molar-refractivity contribution in [1.29, 1.82) is 0 Å². The van der Waals surface area contributed by atoms with Crippen molar-refractivity contribution in [1.82, 2.24) is 5.32 Å². The maximum atomic E-state index is 12.4. The molecule has 0 bridgehead atoms. The van der Waals surface area contributed by atoms with Crippen molar-refractivity contribution in [2.75, 3.05) is 13.2 Å². The third kappa shape index (κ3) is 42.0. The van der Waals surface area contributed by atoms with Crippen molar-refractivity contribution >= 4 is 11.9 Å². The highest BCUT2D eigenvalue weighted by molar-refractivity contribution is 5.76. The third-order valence-electron chi connectivity index (χ3n) is 11.2. The smallest absolute Gasteiger partial charge is 0.305 e. The Bertz CT molecular complexity index is 874. The first-order valence-electron chi connectivity index (χ1n) is 24.6. The van der Waals surface area contributed by atoms with Gasteiger partial charge in [-0.3, -0.25) is 9.59 Å². The van der Waals surface area contributed by atoms with Crippen LogP contribution in [0.25, 0.3) is 0 Å². The fraction of sp³-hybridized carbons (Fsp3) is 0.880. The predicted molar refractivity (Wildman–Crippen MR) is 241 cm³/mol. The molecule has 0 aliphatic rings. The number of nitrogens with one attached hydrogen (secondary N) is 1. The summed E-state index contributed by atoms with van der Waals surface area (Å²) in [5, 5.41) is 22.9. The molecule has 0 radical (unpaired) electrons. The third-order valence-corrected chi connectivity index (χ3v) is 11.2. The Hall–Kier alpha value is -1.66. The van der Waals surface area contributed by atoms with E-state index in [1.807, 2.05) is 6.08 Å². The summed E-state index contributed by atoms with van der Waals surface area (Å²) in [4.78, 5) is 24.4. The fourth-order valence-electron chi connectivity index (χ4n) is 7.39. The van der Waals surface area contributed by atoms with Crippen LogP contribution in [0, 0.1) is 0 Å². The van der Waals surface area contributed by atoms with Crippen molar-refractivity contribution in [3.63, 3.8) is 0 Å². The first kappa shape index (κ1) is 54.3. The van der Waals surface area contributed by atoms with E-state index >= 15 is 0 Å². The Kier molecular flexibility index (Phi) is 44.7. The van der Waals surface area contributed by atoms with Gasteiger partial charge in [0.15, 0.2) is 0 Å². The number of allylic oxidation sites excluding steroid dienone is 3. The second-order valence-electron chi connectivity index (χ2n) is 16.8. The molecule has 0 aliphatic carbocycles. The van der Waals surface area contributed by atoms with E-state index in [2.05, 4.69) is 31.3 Å². The van der Waals surface area contributed by atoms with Crippen LogP contribution >= 0.6 is 0 Å². The summed E-state index contributed by atoms with van der Waals surface area (Å²) in [6, 6.07) is -0.642. The van der Waals surface area contributed by atoms with Crippen LogP contribution in [0.4, 0.5) is 0 Å². The lowest BCUT2D eigenvalue weighted by Gasteiger charge is -2.20. The van der Waals surface area contributed by atoms with Gasteiger partial charge in [0, 0.05) is 12.8 Å². The van der Waals surface area contributed by atoms with Gasteiger partial charge in [0.05, 0.1) is 25.4 Å². The summed E-state index contributed by atoms with van der Waals surface area (Å²) in [5.74, 6) is -0.115. The maximum absolute atomic E-state index is 12.4. The molecule has 0 saturated carbocycles. The Balaban J connectivity index is 3.46.